The lowest BCUT2D eigenvalue weighted by Crippen LogP contribution is -2.57. The summed E-state index contributed by atoms with van der Waals surface area (Å²) in [6, 6.07) is -1.51. The van der Waals surface area contributed by atoms with E-state index < -0.39 is 18.0 Å². The van der Waals surface area contributed by atoms with Crippen molar-refractivity contribution in [3.8, 4) is 0 Å². The van der Waals surface area contributed by atoms with Crippen LogP contribution in [-0.4, -0.2) is 76.3 Å². The summed E-state index contributed by atoms with van der Waals surface area (Å²) in [4.78, 5) is 31.9. The van der Waals surface area contributed by atoms with Gasteiger partial charge >= 0.3 is 12.0 Å². The van der Waals surface area contributed by atoms with Crippen LogP contribution in [0.4, 0.5) is 4.79 Å². The van der Waals surface area contributed by atoms with Crippen LogP contribution in [0.2, 0.25) is 0 Å². The van der Waals surface area contributed by atoms with Crippen molar-refractivity contribution in [1.82, 2.24) is 30.6 Å². The summed E-state index contributed by atoms with van der Waals surface area (Å²) in [7, 11) is 2.02. The fraction of sp³-hybridized carbons (Fsp3) is 0.583. The average molecular weight is 296 g/mol. The second kappa shape index (κ2) is 7.04. The van der Waals surface area contributed by atoms with Gasteiger partial charge in [0.1, 0.15) is 6.04 Å². The van der Waals surface area contributed by atoms with E-state index in [0.29, 0.717) is 18.8 Å². The molecule has 1 aliphatic heterocycles. The van der Waals surface area contributed by atoms with Crippen molar-refractivity contribution in [2.24, 2.45) is 0 Å². The number of amides is 2. The summed E-state index contributed by atoms with van der Waals surface area (Å²) in [5.41, 5.74) is 3.33. The number of urea groups is 1. The number of hydrazine groups is 1. The van der Waals surface area contributed by atoms with Gasteiger partial charge in [0.05, 0.1) is 6.33 Å². The van der Waals surface area contributed by atoms with E-state index in [1.54, 1.807) is 5.01 Å². The number of aromatic amines is 1. The van der Waals surface area contributed by atoms with Gasteiger partial charge in [0, 0.05) is 44.5 Å². The number of hydrogen-bond acceptors (Lipinski definition) is 5. The smallest absolute Gasteiger partial charge is 0.330 e. The first-order chi connectivity index (χ1) is 10.0. The van der Waals surface area contributed by atoms with Crippen molar-refractivity contribution in [3.05, 3.63) is 18.2 Å². The zero-order valence-electron chi connectivity index (χ0n) is 11.9. The Hall–Kier alpha value is -2.13. The van der Waals surface area contributed by atoms with Crippen LogP contribution in [-0.2, 0) is 11.2 Å². The number of carboxylic acids is 1. The molecule has 0 spiro atoms. The SMILES string of the molecule is CN1CCN(NC(=O)NC(Cc2cnc[nH]2)C(=O)O)CC1. The number of nitrogens with one attached hydrogen (secondary N) is 3. The third-order valence-electron chi connectivity index (χ3n) is 3.35. The van der Waals surface area contributed by atoms with Crippen LogP contribution in [0, 0.1) is 0 Å². The average Bonchev–Trinajstić information content (AvgIpc) is 2.93. The van der Waals surface area contributed by atoms with Crippen molar-refractivity contribution in [1.29, 1.82) is 0 Å². The molecule has 0 aliphatic carbocycles. The van der Waals surface area contributed by atoms with E-state index in [4.69, 9.17) is 5.11 Å². The summed E-state index contributed by atoms with van der Waals surface area (Å²) < 4.78 is 0. The lowest BCUT2D eigenvalue weighted by molar-refractivity contribution is -0.139. The number of H-pyrrole nitrogens is 1. The first-order valence-corrected chi connectivity index (χ1v) is 6.75. The Labute approximate surface area is 122 Å². The number of carboxylic acid groups (broad SMARTS) is 1. The summed E-state index contributed by atoms with van der Waals surface area (Å²) in [5, 5.41) is 13.4. The fourth-order valence-electron chi connectivity index (χ4n) is 2.07. The highest BCUT2D eigenvalue weighted by atomic mass is 16.4. The number of carbonyl (C=O) groups is 2. The topological polar surface area (TPSA) is 114 Å². The highest BCUT2D eigenvalue weighted by Gasteiger charge is 2.22. The number of piperazine rings is 1. The number of rotatable bonds is 5. The van der Waals surface area contributed by atoms with Crippen LogP contribution in [0.3, 0.4) is 0 Å². The molecule has 9 nitrogen and oxygen atoms in total. The number of aromatic nitrogens is 2. The van der Waals surface area contributed by atoms with Crippen LogP contribution >= 0.6 is 0 Å². The lowest BCUT2D eigenvalue weighted by Gasteiger charge is -2.32. The van der Waals surface area contributed by atoms with E-state index in [1.165, 1.54) is 12.5 Å². The van der Waals surface area contributed by atoms with Crippen molar-refractivity contribution in [2.75, 3.05) is 33.2 Å². The lowest BCUT2D eigenvalue weighted by atomic mass is 10.2. The molecule has 0 aromatic carbocycles. The van der Waals surface area contributed by atoms with Crippen LogP contribution in [0.1, 0.15) is 5.69 Å². The molecular weight excluding hydrogens is 276 g/mol. The Morgan fingerprint density at radius 3 is 2.71 bits per heavy atom. The molecule has 1 aromatic rings. The van der Waals surface area contributed by atoms with Gasteiger partial charge in [-0.15, -0.1) is 0 Å². The first-order valence-electron chi connectivity index (χ1n) is 6.75. The van der Waals surface area contributed by atoms with E-state index in [-0.39, 0.29) is 6.42 Å². The predicted octanol–water partition coefficient (Wildman–Crippen LogP) is -1.13. The molecule has 21 heavy (non-hydrogen) atoms. The van der Waals surface area contributed by atoms with Gasteiger partial charge in [-0.25, -0.2) is 19.6 Å². The zero-order chi connectivity index (χ0) is 15.2. The molecule has 1 aliphatic rings. The molecular formula is C12H20N6O3. The van der Waals surface area contributed by atoms with Crippen LogP contribution < -0.4 is 10.7 Å². The molecule has 1 fully saturated rings. The molecule has 0 radical (unpaired) electrons. The second-order valence-electron chi connectivity index (χ2n) is 5.05. The molecule has 4 N–H and O–H groups in total. The first kappa shape index (κ1) is 15.3. The van der Waals surface area contributed by atoms with Crippen molar-refractivity contribution in [2.45, 2.75) is 12.5 Å². The number of likely N-dealkylation sites (N-methyl/N-ethyl adjacent to an activating group) is 1. The molecule has 1 unspecified atom stereocenters. The summed E-state index contributed by atoms with van der Waals surface area (Å²) in [6.45, 7) is 3.14. The van der Waals surface area contributed by atoms with E-state index in [1.807, 2.05) is 7.05 Å². The van der Waals surface area contributed by atoms with Gasteiger partial charge in [0.15, 0.2) is 0 Å². The molecule has 116 valence electrons. The molecule has 2 amide bonds. The minimum Gasteiger partial charge on any atom is -0.480 e. The Morgan fingerprint density at radius 2 is 2.14 bits per heavy atom. The summed E-state index contributed by atoms with van der Waals surface area (Å²) in [5.74, 6) is -1.09. The summed E-state index contributed by atoms with van der Waals surface area (Å²) >= 11 is 0. The normalized spacial score (nSPS) is 18.1. The maximum absolute atomic E-state index is 11.9. The van der Waals surface area contributed by atoms with Gasteiger partial charge in [-0.1, -0.05) is 0 Å². The van der Waals surface area contributed by atoms with Gasteiger partial charge in [-0.3, -0.25) is 5.43 Å². The molecule has 1 saturated heterocycles. The van der Waals surface area contributed by atoms with E-state index in [0.717, 1.165) is 13.1 Å². The highest BCUT2D eigenvalue weighted by molar-refractivity contribution is 5.82. The van der Waals surface area contributed by atoms with Gasteiger partial charge in [-0.2, -0.15) is 0 Å². The number of carbonyl (C=O) groups excluding carboxylic acids is 1. The predicted molar refractivity (Wildman–Crippen MR) is 74.5 cm³/mol. The number of nitrogens with zero attached hydrogens (tertiary/aromatic N) is 3. The van der Waals surface area contributed by atoms with Crippen molar-refractivity contribution in [3.63, 3.8) is 0 Å². The molecule has 0 bridgehead atoms. The van der Waals surface area contributed by atoms with Gasteiger partial charge in [0.2, 0.25) is 0 Å². The molecule has 0 saturated carbocycles. The molecule has 2 rings (SSSR count). The monoisotopic (exact) mass is 296 g/mol. The maximum Gasteiger partial charge on any atom is 0.330 e. The third kappa shape index (κ3) is 4.72. The van der Waals surface area contributed by atoms with Crippen LogP contribution in [0.25, 0.3) is 0 Å². The van der Waals surface area contributed by atoms with Crippen molar-refractivity contribution >= 4 is 12.0 Å². The number of aliphatic carboxylic acids is 1. The standard InChI is InChI=1S/C12H20N6O3/c1-17-2-4-18(5-3-17)16-12(21)15-10(11(19)20)6-9-7-13-8-14-9/h7-8,10H,2-6H2,1H3,(H,13,14)(H,19,20)(H2,15,16,21). The van der Waals surface area contributed by atoms with Crippen LogP contribution in [0.5, 0.6) is 0 Å². The van der Waals surface area contributed by atoms with Crippen LogP contribution in [0.15, 0.2) is 12.5 Å². The minimum atomic E-state index is -1.09. The Balaban J connectivity index is 1.82. The number of imidazole rings is 1. The number of hydrogen-bond donors (Lipinski definition) is 4. The molecule has 9 heteroatoms. The Morgan fingerprint density at radius 1 is 1.43 bits per heavy atom. The van der Waals surface area contributed by atoms with Gasteiger partial charge in [0.25, 0.3) is 0 Å². The highest BCUT2D eigenvalue weighted by Crippen LogP contribution is 2.00. The molecule has 2 heterocycles. The fourth-order valence-corrected chi connectivity index (χ4v) is 2.07. The second-order valence-corrected chi connectivity index (χ2v) is 5.05. The van der Waals surface area contributed by atoms with Gasteiger partial charge < -0.3 is 20.3 Å². The molecule has 1 atom stereocenters. The quantitative estimate of drug-likeness (QED) is 0.546. The van der Waals surface area contributed by atoms with Crippen molar-refractivity contribution < 1.29 is 14.7 Å². The maximum atomic E-state index is 11.9. The third-order valence-corrected chi connectivity index (χ3v) is 3.35. The van der Waals surface area contributed by atoms with Gasteiger partial charge in [-0.05, 0) is 7.05 Å². The largest absolute Gasteiger partial charge is 0.480 e. The van der Waals surface area contributed by atoms with E-state index in [2.05, 4.69) is 25.6 Å². The minimum absolute atomic E-state index is 0.158. The van der Waals surface area contributed by atoms with E-state index >= 15 is 0 Å². The van der Waals surface area contributed by atoms with E-state index in [9.17, 15) is 9.59 Å². The summed E-state index contributed by atoms with van der Waals surface area (Å²) in [6.07, 6.45) is 3.17. The zero-order valence-corrected chi connectivity index (χ0v) is 11.9. The Bertz CT molecular complexity index is 469. The Kier molecular flexibility index (Phi) is 5.12. The molecule has 1 aromatic heterocycles.